The molecule has 3 rings (SSSR count). The molecule has 1 amide bonds. The molecule has 0 atom stereocenters. The molecule has 1 heterocycles. The first kappa shape index (κ1) is 19.4. The van der Waals surface area contributed by atoms with Gasteiger partial charge in [-0.3, -0.25) is 9.78 Å². The number of benzene rings is 2. The van der Waals surface area contributed by atoms with E-state index in [4.69, 9.17) is 20.9 Å². The first-order valence-corrected chi connectivity index (χ1v) is 8.96. The molecule has 1 aromatic heterocycles. The Morgan fingerprint density at radius 1 is 1.18 bits per heavy atom. The maximum Gasteiger partial charge on any atom is 0.252 e. The van der Waals surface area contributed by atoms with E-state index in [1.165, 1.54) is 6.20 Å². The van der Waals surface area contributed by atoms with Gasteiger partial charge in [0.15, 0.2) is 11.5 Å². The van der Waals surface area contributed by atoms with Crippen LogP contribution >= 0.6 is 0 Å². The van der Waals surface area contributed by atoms with Gasteiger partial charge in [-0.15, -0.1) is 0 Å². The molecule has 0 spiro atoms. The standard InChI is InChI=1S/C21H24N4O3/c1-4-13-12(10-22)6-5-7-16(13)25-20-14-8-18(27-2)19(28-3)9-17(14)24-11-15(20)21(23)26/h5-9,11H,4,10,22H2,1-3H3,(H2,23,26)(H,24,25). The Balaban J connectivity index is 2.26. The zero-order valence-corrected chi connectivity index (χ0v) is 16.2. The number of ether oxygens (including phenoxy) is 2. The average Bonchev–Trinajstić information content (AvgIpc) is 2.72. The minimum absolute atomic E-state index is 0.292. The lowest BCUT2D eigenvalue weighted by molar-refractivity contribution is 0.100. The molecule has 0 saturated heterocycles. The van der Waals surface area contributed by atoms with Crippen LogP contribution in [0.1, 0.15) is 28.4 Å². The number of carbonyl (C=O) groups excluding carboxylic acids is 1. The predicted octanol–water partition coefficient (Wildman–Crippen LogP) is 3.12. The monoisotopic (exact) mass is 380 g/mol. The van der Waals surface area contributed by atoms with E-state index >= 15 is 0 Å². The summed E-state index contributed by atoms with van der Waals surface area (Å²) in [6.07, 6.45) is 2.26. The van der Waals surface area contributed by atoms with Gasteiger partial charge >= 0.3 is 0 Å². The molecule has 3 aromatic rings. The van der Waals surface area contributed by atoms with Gasteiger partial charge in [-0.25, -0.2) is 0 Å². The molecule has 0 fully saturated rings. The highest BCUT2D eigenvalue weighted by molar-refractivity contribution is 6.08. The summed E-state index contributed by atoms with van der Waals surface area (Å²) in [6.45, 7) is 2.50. The van der Waals surface area contributed by atoms with E-state index in [2.05, 4.69) is 17.2 Å². The fourth-order valence-corrected chi connectivity index (χ4v) is 3.34. The van der Waals surface area contributed by atoms with Crippen LogP contribution in [0.2, 0.25) is 0 Å². The molecule has 0 unspecified atom stereocenters. The molecular formula is C21H24N4O3. The molecule has 28 heavy (non-hydrogen) atoms. The molecule has 0 aliphatic carbocycles. The van der Waals surface area contributed by atoms with Gasteiger partial charge in [0.25, 0.3) is 5.91 Å². The number of fused-ring (bicyclic) bond motifs is 1. The molecule has 0 aliphatic rings. The number of methoxy groups -OCH3 is 2. The van der Waals surface area contributed by atoms with Crippen LogP contribution in [0.25, 0.3) is 10.9 Å². The van der Waals surface area contributed by atoms with Gasteiger partial charge in [-0.1, -0.05) is 19.1 Å². The molecule has 0 aliphatic heterocycles. The summed E-state index contributed by atoms with van der Waals surface area (Å²) in [5, 5.41) is 4.09. The second-order valence-electron chi connectivity index (χ2n) is 6.26. The number of hydrogen-bond acceptors (Lipinski definition) is 6. The number of pyridine rings is 1. The largest absolute Gasteiger partial charge is 0.493 e. The molecular weight excluding hydrogens is 356 g/mol. The average molecular weight is 380 g/mol. The van der Waals surface area contributed by atoms with Crippen molar-refractivity contribution in [3.8, 4) is 11.5 Å². The molecule has 0 radical (unpaired) electrons. The number of primary amides is 1. The highest BCUT2D eigenvalue weighted by Gasteiger charge is 2.18. The lowest BCUT2D eigenvalue weighted by atomic mass is 10.0. The lowest BCUT2D eigenvalue weighted by Crippen LogP contribution is -2.15. The predicted molar refractivity (Wildman–Crippen MR) is 110 cm³/mol. The summed E-state index contributed by atoms with van der Waals surface area (Å²) < 4.78 is 10.8. The highest BCUT2D eigenvalue weighted by Crippen LogP contribution is 2.37. The molecule has 7 nitrogen and oxygen atoms in total. The van der Waals surface area contributed by atoms with E-state index in [0.29, 0.717) is 40.2 Å². The van der Waals surface area contributed by atoms with E-state index in [1.807, 2.05) is 18.2 Å². The third-order valence-corrected chi connectivity index (χ3v) is 4.74. The van der Waals surface area contributed by atoms with Crippen molar-refractivity contribution in [1.29, 1.82) is 0 Å². The SMILES string of the molecule is CCc1c(CN)cccc1Nc1c(C(N)=O)cnc2cc(OC)c(OC)cc12. The Hall–Kier alpha value is -3.32. The number of aromatic nitrogens is 1. The van der Waals surface area contributed by atoms with Crippen LogP contribution in [0.5, 0.6) is 11.5 Å². The van der Waals surface area contributed by atoms with Gasteiger partial charge in [-0.2, -0.15) is 0 Å². The summed E-state index contributed by atoms with van der Waals surface area (Å²) in [7, 11) is 3.12. The van der Waals surface area contributed by atoms with Crippen LogP contribution in [0, 0.1) is 0 Å². The normalized spacial score (nSPS) is 10.7. The third kappa shape index (κ3) is 3.44. The Kier molecular flexibility index (Phi) is 5.65. The summed E-state index contributed by atoms with van der Waals surface area (Å²) >= 11 is 0. The number of hydrogen-bond donors (Lipinski definition) is 3. The Morgan fingerprint density at radius 2 is 1.89 bits per heavy atom. The van der Waals surface area contributed by atoms with Crippen molar-refractivity contribution in [1.82, 2.24) is 4.98 Å². The molecule has 2 aromatic carbocycles. The van der Waals surface area contributed by atoms with Gasteiger partial charge < -0.3 is 26.3 Å². The third-order valence-electron chi connectivity index (χ3n) is 4.74. The van der Waals surface area contributed by atoms with Crippen LogP contribution in [0.15, 0.2) is 36.5 Å². The van der Waals surface area contributed by atoms with Crippen LogP contribution < -0.4 is 26.3 Å². The van der Waals surface area contributed by atoms with Gasteiger partial charge in [-0.05, 0) is 29.7 Å². The first-order chi connectivity index (χ1) is 13.5. The van der Waals surface area contributed by atoms with Gasteiger partial charge in [0, 0.05) is 29.9 Å². The number of anilines is 2. The van der Waals surface area contributed by atoms with E-state index in [1.54, 1.807) is 26.4 Å². The van der Waals surface area contributed by atoms with Gasteiger partial charge in [0.1, 0.15) is 0 Å². The maximum absolute atomic E-state index is 12.1. The van der Waals surface area contributed by atoms with E-state index in [-0.39, 0.29) is 0 Å². The van der Waals surface area contributed by atoms with Crippen molar-refractivity contribution < 1.29 is 14.3 Å². The second-order valence-corrected chi connectivity index (χ2v) is 6.26. The Labute approximate surface area is 163 Å². The van der Waals surface area contributed by atoms with Crippen LogP contribution in [-0.4, -0.2) is 25.1 Å². The van der Waals surface area contributed by atoms with Crippen LogP contribution in [0.3, 0.4) is 0 Å². The van der Waals surface area contributed by atoms with Crippen LogP contribution in [0.4, 0.5) is 11.4 Å². The van der Waals surface area contributed by atoms with Crippen molar-refractivity contribution in [3.63, 3.8) is 0 Å². The van der Waals surface area contributed by atoms with E-state index in [0.717, 1.165) is 23.2 Å². The van der Waals surface area contributed by atoms with E-state index in [9.17, 15) is 4.79 Å². The van der Waals surface area contributed by atoms with Gasteiger partial charge in [0.2, 0.25) is 0 Å². The first-order valence-electron chi connectivity index (χ1n) is 8.96. The minimum Gasteiger partial charge on any atom is -0.493 e. The topological polar surface area (TPSA) is 112 Å². The molecule has 5 N–H and O–H groups in total. The summed E-state index contributed by atoms with van der Waals surface area (Å²) in [6, 6.07) is 9.43. The second kappa shape index (κ2) is 8.14. The number of nitrogens with one attached hydrogen (secondary N) is 1. The number of amides is 1. The summed E-state index contributed by atoms with van der Waals surface area (Å²) in [5.74, 6) is 0.521. The summed E-state index contributed by atoms with van der Waals surface area (Å²) in [4.78, 5) is 16.4. The van der Waals surface area contributed by atoms with Crippen molar-refractivity contribution in [2.24, 2.45) is 11.5 Å². The van der Waals surface area contributed by atoms with Gasteiger partial charge in [0.05, 0.1) is 31.0 Å². The number of carbonyl (C=O) groups is 1. The fourth-order valence-electron chi connectivity index (χ4n) is 3.34. The molecule has 146 valence electrons. The fraction of sp³-hybridized carbons (Fsp3) is 0.238. The molecule has 0 bridgehead atoms. The molecule has 7 heteroatoms. The van der Waals surface area contributed by atoms with Crippen molar-refractivity contribution in [2.45, 2.75) is 19.9 Å². The summed E-state index contributed by atoms with van der Waals surface area (Å²) in [5.41, 5.74) is 16.0. The quantitative estimate of drug-likeness (QED) is 0.580. The van der Waals surface area contributed by atoms with Crippen molar-refractivity contribution in [3.05, 3.63) is 53.2 Å². The molecule has 0 saturated carbocycles. The number of nitrogens with zero attached hydrogens (tertiary/aromatic N) is 1. The zero-order chi connectivity index (χ0) is 20.3. The number of rotatable bonds is 7. The van der Waals surface area contributed by atoms with Crippen molar-refractivity contribution >= 4 is 28.2 Å². The smallest absolute Gasteiger partial charge is 0.252 e. The van der Waals surface area contributed by atoms with Crippen LogP contribution in [-0.2, 0) is 13.0 Å². The Morgan fingerprint density at radius 3 is 2.50 bits per heavy atom. The zero-order valence-electron chi connectivity index (χ0n) is 16.2. The maximum atomic E-state index is 12.1. The lowest BCUT2D eigenvalue weighted by Gasteiger charge is -2.18. The van der Waals surface area contributed by atoms with Crippen molar-refractivity contribution in [2.75, 3.05) is 19.5 Å². The van der Waals surface area contributed by atoms with E-state index < -0.39 is 5.91 Å². The minimum atomic E-state index is -0.570. The number of nitrogens with two attached hydrogens (primary N) is 2. The highest BCUT2D eigenvalue weighted by atomic mass is 16.5. The Bertz CT molecular complexity index is 1030.